The van der Waals surface area contributed by atoms with Gasteiger partial charge in [-0.05, 0) is 88.2 Å². The van der Waals surface area contributed by atoms with Crippen molar-refractivity contribution in [3.8, 4) is 5.75 Å². The van der Waals surface area contributed by atoms with Crippen LogP contribution in [0.25, 0.3) is 0 Å². The fourth-order valence-corrected chi connectivity index (χ4v) is 6.72. The number of sulfonamides is 1. The van der Waals surface area contributed by atoms with Crippen LogP contribution in [-0.2, 0) is 21.3 Å². The number of aliphatic hydroxyl groups is 1. The number of rotatable bonds is 9. The van der Waals surface area contributed by atoms with Crippen molar-refractivity contribution in [2.24, 2.45) is 5.92 Å². The van der Waals surface area contributed by atoms with Crippen molar-refractivity contribution in [2.75, 3.05) is 38.1 Å². The predicted molar refractivity (Wildman–Crippen MR) is 182 cm³/mol. The van der Waals surface area contributed by atoms with Crippen LogP contribution in [0.4, 0.5) is 5.69 Å². The van der Waals surface area contributed by atoms with Crippen LogP contribution < -0.4 is 9.46 Å². The molecule has 2 N–H and O–H groups in total. The summed E-state index contributed by atoms with van der Waals surface area (Å²) >= 11 is 5.95. The van der Waals surface area contributed by atoms with Crippen molar-refractivity contribution in [1.82, 2.24) is 9.80 Å². The first-order valence-electron chi connectivity index (χ1n) is 15.8. The van der Waals surface area contributed by atoms with Gasteiger partial charge < -0.3 is 19.5 Å². The molecule has 9 nitrogen and oxygen atoms in total. The number of hydrogen-bond acceptors (Lipinski definition) is 7. The summed E-state index contributed by atoms with van der Waals surface area (Å²) in [5.74, 6) is -0.0761. The lowest BCUT2D eigenvalue weighted by molar-refractivity contribution is -0.0177. The Bertz CT molecular complexity index is 1520. The summed E-state index contributed by atoms with van der Waals surface area (Å²) in [6, 6.07) is 20.3. The number of likely N-dealkylation sites (N-methyl/N-ethyl adjacent to an activating group) is 1. The van der Waals surface area contributed by atoms with Gasteiger partial charge in [-0.15, -0.1) is 0 Å². The van der Waals surface area contributed by atoms with E-state index in [4.69, 9.17) is 21.1 Å². The van der Waals surface area contributed by atoms with E-state index in [9.17, 15) is 18.3 Å². The number of aliphatic hydroxyl groups excluding tert-OH is 1. The maximum Gasteiger partial charge on any atom is 0.261 e. The highest BCUT2D eigenvalue weighted by Crippen LogP contribution is 2.30. The number of nitrogens with one attached hydrogen (secondary N) is 1. The molecule has 0 aromatic heterocycles. The summed E-state index contributed by atoms with van der Waals surface area (Å²) in [5.41, 5.74) is 1.64. The molecule has 3 aromatic carbocycles. The van der Waals surface area contributed by atoms with Gasteiger partial charge in [0.1, 0.15) is 5.75 Å². The molecule has 4 rings (SSSR count). The maximum atomic E-state index is 14.3. The third-order valence-electron chi connectivity index (χ3n) is 8.21. The molecule has 0 radical (unpaired) electrons. The molecule has 0 spiro atoms. The molecule has 250 valence electrons. The standard InChI is InChI=1S/C35H46ClN3O6S/c1-25-21-39(26(2)24-40)35(41)32-20-30(37-46(42,43)31-16-13-29(36)14-17-31)15-18-33(32)45-27(3)10-8-9-19-44-34(25)23-38(4)22-28-11-6-5-7-12-28/h5-7,11-18,20,25-27,34,37,40H,8-10,19,21-24H2,1-4H3/t25-,26+,27+,34-/m1/s1. The van der Waals surface area contributed by atoms with Crippen LogP contribution in [0.3, 0.4) is 0 Å². The Balaban J connectivity index is 1.64. The number of benzene rings is 3. The molecule has 0 aliphatic carbocycles. The van der Waals surface area contributed by atoms with Gasteiger partial charge in [-0.2, -0.15) is 0 Å². The molecule has 0 unspecified atom stereocenters. The minimum atomic E-state index is -3.95. The molecule has 0 fully saturated rings. The first kappa shape index (κ1) is 35.7. The van der Waals surface area contributed by atoms with Gasteiger partial charge in [-0.1, -0.05) is 48.9 Å². The monoisotopic (exact) mass is 671 g/mol. The highest BCUT2D eigenvalue weighted by Gasteiger charge is 2.30. The first-order chi connectivity index (χ1) is 22.0. The Morgan fingerprint density at radius 3 is 2.48 bits per heavy atom. The van der Waals surface area contributed by atoms with Gasteiger partial charge in [-0.3, -0.25) is 14.4 Å². The van der Waals surface area contributed by atoms with Gasteiger partial charge >= 0.3 is 0 Å². The van der Waals surface area contributed by atoms with Crippen molar-refractivity contribution in [3.63, 3.8) is 0 Å². The minimum absolute atomic E-state index is 0.0424. The highest BCUT2D eigenvalue weighted by molar-refractivity contribution is 7.92. The number of anilines is 1. The van der Waals surface area contributed by atoms with E-state index in [1.165, 1.54) is 35.9 Å². The Hall–Kier alpha value is -3.15. The summed E-state index contributed by atoms with van der Waals surface area (Å²) in [5, 5.41) is 10.6. The Labute approximate surface area is 278 Å². The zero-order chi connectivity index (χ0) is 33.3. The van der Waals surface area contributed by atoms with E-state index in [0.29, 0.717) is 30.5 Å². The van der Waals surface area contributed by atoms with Crippen LogP contribution in [-0.4, -0.2) is 80.8 Å². The average Bonchev–Trinajstić information content (AvgIpc) is 3.03. The molecule has 0 bridgehead atoms. The van der Waals surface area contributed by atoms with Crippen LogP contribution in [0.5, 0.6) is 5.75 Å². The van der Waals surface area contributed by atoms with E-state index in [1.807, 2.05) is 25.1 Å². The van der Waals surface area contributed by atoms with E-state index < -0.39 is 16.1 Å². The third-order valence-corrected chi connectivity index (χ3v) is 9.86. The number of fused-ring (bicyclic) bond motifs is 1. The molecule has 1 aliphatic heterocycles. The molecule has 0 saturated carbocycles. The normalized spacial score (nSPS) is 20.8. The number of ether oxygens (including phenoxy) is 2. The van der Waals surface area contributed by atoms with Crippen molar-refractivity contribution in [2.45, 2.75) is 69.7 Å². The van der Waals surface area contributed by atoms with Crippen LogP contribution in [0.2, 0.25) is 5.02 Å². The van der Waals surface area contributed by atoms with Crippen molar-refractivity contribution < 1.29 is 27.8 Å². The molecule has 1 heterocycles. The van der Waals surface area contributed by atoms with Gasteiger partial charge in [0.05, 0.1) is 35.3 Å². The SMILES string of the molecule is C[C@@H]1CN([C@@H](C)CO)C(=O)c2cc(NS(=O)(=O)c3ccc(Cl)cc3)ccc2O[C@@H](C)CCCCO[C@@H]1CN(C)Cc1ccccc1. The van der Waals surface area contributed by atoms with E-state index in [-0.39, 0.29) is 46.8 Å². The Kier molecular flexibility index (Phi) is 12.9. The molecular formula is C35H46ClN3O6S. The second-order valence-electron chi connectivity index (χ2n) is 12.3. The fraction of sp³-hybridized carbons (Fsp3) is 0.457. The summed E-state index contributed by atoms with van der Waals surface area (Å²) in [6.45, 7) is 7.91. The fourth-order valence-electron chi connectivity index (χ4n) is 5.54. The second kappa shape index (κ2) is 16.6. The summed E-state index contributed by atoms with van der Waals surface area (Å²) < 4.78 is 41.6. The molecule has 1 amide bonds. The number of halogens is 1. The van der Waals surface area contributed by atoms with Gasteiger partial charge in [0.2, 0.25) is 0 Å². The van der Waals surface area contributed by atoms with Gasteiger partial charge in [-0.25, -0.2) is 8.42 Å². The smallest absolute Gasteiger partial charge is 0.261 e. The zero-order valence-corrected chi connectivity index (χ0v) is 28.6. The van der Waals surface area contributed by atoms with Crippen LogP contribution >= 0.6 is 11.6 Å². The lowest BCUT2D eigenvalue weighted by Crippen LogP contribution is -2.47. The Morgan fingerprint density at radius 1 is 1.07 bits per heavy atom. The lowest BCUT2D eigenvalue weighted by atomic mass is 10.0. The van der Waals surface area contributed by atoms with Gasteiger partial charge in [0.15, 0.2) is 0 Å². The number of amides is 1. The maximum absolute atomic E-state index is 14.3. The summed E-state index contributed by atoms with van der Waals surface area (Å²) in [6.07, 6.45) is 2.16. The molecule has 4 atom stereocenters. The zero-order valence-electron chi connectivity index (χ0n) is 27.1. The molecule has 46 heavy (non-hydrogen) atoms. The number of carbonyl (C=O) groups excluding carboxylic acids is 1. The second-order valence-corrected chi connectivity index (χ2v) is 14.4. The summed E-state index contributed by atoms with van der Waals surface area (Å²) in [4.78, 5) is 18.2. The largest absolute Gasteiger partial charge is 0.490 e. The molecule has 3 aromatic rings. The summed E-state index contributed by atoms with van der Waals surface area (Å²) in [7, 11) is -1.89. The Morgan fingerprint density at radius 2 is 1.78 bits per heavy atom. The first-order valence-corrected chi connectivity index (χ1v) is 17.7. The van der Waals surface area contributed by atoms with E-state index in [1.54, 1.807) is 24.0 Å². The van der Waals surface area contributed by atoms with Gasteiger partial charge in [0, 0.05) is 42.9 Å². The van der Waals surface area contributed by atoms with Gasteiger partial charge in [0.25, 0.3) is 15.9 Å². The molecule has 11 heteroatoms. The molecule has 0 saturated heterocycles. The third kappa shape index (κ3) is 9.92. The van der Waals surface area contributed by atoms with E-state index in [2.05, 4.69) is 35.7 Å². The van der Waals surface area contributed by atoms with Crippen LogP contribution in [0, 0.1) is 5.92 Å². The van der Waals surface area contributed by atoms with Crippen LogP contribution in [0.1, 0.15) is 56.0 Å². The average molecular weight is 672 g/mol. The van der Waals surface area contributed by atoms with Crippen molar-refractivity contribution >= 4 is 33.2 Å². The van der Waals surface area contributed by atoms with Crippen molar-refractivity contribution in [1.29, 1.82) is 0 Å². The van der Waals surface area contributed by atoms with Crippen molar-refractivity contribution in [3.05, 3.63) is 88.9 Å². The van der Waals surface area contributed by atoms with Crippen LogP contribution in [0.15, 0.2) is 77.7 Å². The quantitative estimate of drug-likeness (QED) is 0.284. The highest BCUT2D eigenvalue weighted by atomic mass is 35.5. The number of nitrogens with zero attached hydrogens (tertiary/aromatic N) is 2. The topological polar surface area (TPSA) is 108 Å². The number of hydrogen-bond donors (Lipinski definition) is 2. The predicted octanol–water partition coefficient (Wildman–Crippen LogP) is 6.07. The number of carbonyl (C=O) groups is 1. The van der Waals surface area contributed by atoms with E-state index in [0.717, 1.165) is 25.8 Å². The molecular weight excluding hydrogens is 626 g/mol. The van der Waals surface area contributed by atoms with E-state index >= 15 is 0 Å². The lowest BCUT2D eigenvalue weighted by Gasteiger charge is -2.36. The minimum Gasteiger partial charge on any atom is -0.490 e. The molecule has 1 aliphatic rings.